The van der Waals surface area contributed by atoms with Gasteiger partial charge in [0.15, 0.2) is 0 Å². The molecule has 28 heavy (non-hydrogen) atoms. The number of hydrogen-bond acceptors (Lipinski definition) is 3. The topological polar surface area (TPSA) is 41.3 Å². The Kier molecular flexibility index (Phi) is 5.60. The molecular formula is C24H29N3O. The molecule has 3 aromatic rings. The SMILES string of the molecule is Cc1ccc(-n2cc(CN3CCC(CO)(Cc4ccccc4)CC3)cn2)cc1. The van der Waals surface area contributed by atoms with Gasteiger partial charge in [0.05, 0.1) is 11.9 Å². The molecule has 1 aromatic heterocycles. The van der Waals surface area contributed by atoms with Crippen LogP contribution in [0.3, 0.4) is 0 Å². The molecule has 1 aliphatic rings. The minimum absolute atomic E-state index is 0.0178. The Morgan fingerprint density at radius 2 is 1.68 bits per heavy atom. The lowest BCUT2D eigenvalue weighted by Crippen LogP contribution is -2.42. The van der Waals surface area contributed by atoms with Gasteiger partial charge in [0.25, 0.3) is 0 Å². The molecule has 1 saturated heterocycles. The molecule has 146 valence electrons. The second kappa shape index (κ2) is 8.29. The van der Waals surface area contributed by atoms with E-state index >= 15 is 0 Å². The Hall–Kier alpha value is -2.43. The quantitative estimate of drug-likeness (QED) is 0.708. The molecule has 0 unspecified atom stereocenters. The highest BCUT2D eigenvalue weighted by Crippen LogP contribution is 2.35. The van der Waals surface area contributed by atoms with Gasteiger partial charge in [-0.3, -0.25) is 4.90 Å². The van der Waals surface area contributed by atoms with Gasteiger partial charge in [0.1, 0.15) is 0 Å². The highest BCUT2D eigenvalue weighted by Gasteiger charge is 2.34. The molecule has 2 aromatic carbocycles. The second-order valence-corrected chi connectivity index (χ2v) is 8.23. The van der Waals surface area contributed by atoms with Crippen molar-refractivity contribution in [2.75, 3.05) is 19.7 Å². The molecule has 4 heteroatoms. The van der Waals surface area contributed by atoms with Crippen LogP contribution in [0.2, 0.25) is 0 Å². The molecule has 4 rings (SSSR count). The highest BCUT2D eigenvalue weighted by atomic mass is 16.3. The zero-order chi connectivity index (χ0) is 19.4. The van der Waals surface area contributed by atoms with Crippen molar-refractivity contribution < 1.29 is 5.11 Å². The highest BCUT2D eigenvalue weighted by molar-refractivity contribution is 5.34. The van der Waals surface area contributed by atoms with Gasteiger partial charge in [-0.25, -0.2) is 4.68 Å². The average Bonchev–Trinajstić information content (AvgIpc) is 3.19. The van der Waals surface area contributed by atoms with Crippen molar-refractivity contribution >= 4 is 0 Å². The van der Waals surface area contributed by atoms with Crippen molar-refractivity contribution in [2.24, 2.45) is 5.41 Å². The van der Waals surface area contributed by atoms with Crippen LogP contribution >= 0.6 is 0 Å². The van der Waals surface area contributed by atoms with E-state index < -0.39 is 0 Å². The number of nitrogens with zero attached hydrogens (tertiary/aromatic N) is 3. The molecular weight excluding hydrogens is 346 g/mol. The molecule has 0 aliphatic carbocycles. The van der Waals surface area contributed by atoms with Gasteiger partial charge in [-0.1, -0.05) is 48.0 Å². The number of aliphatic hydroxyl groups excluding tert-OH is 1. The average molecular weight is 376 g/mol. The van der Waals surface area contributed by atoms with E-state index in [-0.39, 0.29) is 12.0 Å². The summed E-state index contributed by atoms with van der Waals surface area (Å²) in [7, 11) is 0. The Morgan fingerprint density at radius 1 is 0.964 bits per heavy atom. The summed E-state index contributed by atoms with van der Waals surface area (Å²) < 4.78 is 1.95. The summed E-state index contributed by atoms with van der Waals surface area (Å²) >= 11 is 0. The number of aliphatic hydroxyl groups is 1. The second-order valence-electron chi connectivity index (χ2n) is 8.23. The maximum absolute atomic E-state index is 10.1. The molecule has 1 N–H and O–H groups in total. The van der Waals surface area contributed by atoms with Crippen LogP contribution in [-0.2, 0) is 13.0 Å². The number of piperidine rings is 1. The lowest BCUT2D eigenvalue weighted by Gasteiger charge is -2.41. The maximum atomic E-state index is 10.1. The van der Waals surface area contributed by atoms with E-state index in [0.717, 1.165) is 44.6 Å². The third-order valence-electron chi connectivity index (χ3n) is 6.01. The summed E-state index contributed by atoms with van der Waals surface area (Å²) in [6.45, 7) is 5.31. The third kappa shape index (κ3) is 4.34. The largest absolute Gasteiger partial charge is 0.396 e. The van der Waals surface area contributed by atoms with Gasteiger partial charge in [0.2, 0.25) is 0 Å². The van der Waals surface area contributed by atoms with Crippen LogP contribution in [0.1, 0.15) is 29.5 Å². The molecule has 0 bridgehead atoms. The first kappa shape index (κ1) is 18.9. The van der Waals surface area contributed by atoms with E-state index in [4.69, 9.17) is 0 Å². The van der Waals surface area contributed by atoms with Crippen LogP contribution in [0.25, 0.3) is 5.69 Å². The summed E-state index contributed by atoms with van der Waals surface area (Å²) in [4.78, 5) is 2.48. The minimum Gasteiger partial charge on any atom is -0.396 e. The first-order valence-electron chi connectivity index (χ1n) is 10.1. The van der Waals surface area contributed by atoms with Crippen LogP contribution in [0.5, 0.6) is 0 Å². The summed E-state index contributed by atoms with van der Waals surface area (Å²) in [6, 6.07) is 19.0. The van der Waals surface area contributed by atoms with E-state index in [1.165, 1.54) is 16.7 Å². The fourth-order valence-electron chi connectivity index (χ4n) is 4.14. The molecule has 0 saturated carbocycles. The zero-order valence-corrected chi connectivity index (χ0v) is 16.6. The predicted molar refractivity (Wildman–Crippen MR) is 112 cm³/mol. The Balaban J connectivity index is 1.36. The summed E-state index contributed by atoms with van der Waals surface area (Å²) in [6.07, 6.45) is 7.12. The first-order chi connectivity index (χ1) is 13.7. The van der Waals surface area contributed by atoms with E-state index in [1.807, 2.05) is 10.9 Å². The molecule has 0 spiro atoms. The van der Waals surface area contributed by atoms with Gasteiger partial charge in [-0.05, 0) is 62.4 Å². The van der Waals surface area contributed by atoms with Crippen LogP contribution in [0.4, 0.5) is 0 Å². The normalized spacial score (nSPS) is 16.9. The third-order valence-corrected chi connectivity index (χ3v) is 6.01. The van der Waals surface area contributed by atoms with E-state index in [1.54, 1.807) is 0 Å². The Morgan fingerprint density at radius 3 is 2.36 bits per heavy atom. The lowest BCUT2D eigenvalue weighted by atomic mass is 9.74. The lowest BCUT2D eigenvalue weighted by molar-refractivity contribution is 0.0413. The van der Waals surface area contributed by atoms with Gasteiger partial charge >= 0.3 is 0 Å². The van der Waals surface area contributed by atoms with Crippen LogP contribution in [-0.4, -0.2) is 39.5 Å². The number of benzene rings is 2. The fraction of sp³-hybridized carbons (Fsp3) is 0.375. The number of rotatable bonds is 6. The number of aromatic nitrogens is 2. The molecule has 4 nitrogen and oxygen atoms in total. The standard InChI is InChI=1S/C24H29N3O/c1-20-7-9-23(10-8-20)27-18-22(16-25-27)17-26-13-11-24(19-28,12-14-26)15-21-5-3-2-4-6-21/h2-10,16,18,28H,11-15,17,19H2,1H3. The fourth-order valence-corrected chi connectivity index (χ4v) is 4.14. The molecule has 1 aliphatic heterocycles. The summed E-state index contributed by atoms with van der Waals surface area (Å²) in [5.41, 5.74) is 4.93. The molecule has 0 radical (unpaired) electrons. The van der Waals surface area contributed by atoms with E-state index in [9.17, 15) is 5.11 Å². The summed E-state index contributed by atoms with van der Waals surface area (Å²) in [5.74, 6) is 0. The van der Waals surface area contributed by atoms with E-state index in [0.29, 0.717) is 0 Å². The zero-order valence-electron chi connectivity index (χ0n) is 16.6. The Labute approximate surface area is 167 Å². The van der Waals surface area contributed by atoms with Gasteiger partial charge in [-0.2, -0.15) is 5.10 Å². The first-order valence-corrected chi connectivity index (χ1v) is 10.1. The number of hydrogen-bond donors (Lipinski definition) is 1. The van der Waals surface area contributed by atoms with Crippen LogP contribution < -0.4 is 0 Å². The monoisotopic (exact) mass is 375 g/mol. The summed E-state index contributed by atoms with van der Waals surface area (Å²) in [5, 5.41) is 14.6. The van der Waals surface area contributed by atoms with Gasteiger partial charge in [-0.15, -0.1) is 0 Å². The molecule has 2 heterocycles. The van der Waals surface area contributed by atoms with Crippen molar-refractivity contribution in [1.82, 2.24) is 14.7 Å². The predicted octanol–water partition coefficient (Wildman–Crippen LogP) is 4.00. The molecule has 0 atom stereocenters. The number of aryl methyl sites for hydroxylation is 1. The Bertz CT molecular complexity index is 878. The maximum Gasteiger partial charge on any atom is 0.0645 e. The molecule has 0 amide bonds. The van der Waals surface area contributed by atoms with Crippen molar-refractivity contribution in [3.63, 3.8) is 0 Å². The van der Waals surface area contributed by atoms with Crippen molar-refractivity contribution in [1.29, 1.82) is 0 Å². The van der Waals surface area contributed by atoms with Crippen molar-refractivity contribution in [2.45, 2.75) is 32.7 Å². The van der Waals surface area contributed by atoms with E-state index in [2.05, 4.69) is 77.7 Å². The van der Waals surface area contributed by atoms with Crippen molar-refractivity contribution in [3.05, 3.63) is 83.7 Å². The number of likely N-dealkylation sites (tertiary alicyclic amines) is 1. The van der Waals surface area contributed by atoms with Crippen LogP contribution in [0.15, 0.2) is 67.0 Å². The van der Waals surface area contributed by atoms with Gasteiger partial charge in [0, 0.05) is 24.9 Å². The van der Waals surface area contributed by atoms with Gasteiger partial charge < -0.3 is 5.11 Å². The van der Waals surface area contributed by atoms with Crippen molar-refractivity contribution in [3.8, 4) is 5.69 Å². The van der Waals surface area contributed by atoms with Crippen LogP contribution in [0, 0.1) is 12.3 Å². The molecule has 1 fully saturated rings. The minimum atomic E-state index is 0.0178. The smallest absolute Gasteiger partial charge is 0.0645 e.